The SMILES string of the molecule is CCCN(CC)Cc1cc(F)ccc1CN. The molecule has 0 unspecified atom stereocenters. The van der Waals surface area contributed by atoms with Crippen LogP contribution in [-0.2, 0) is 13.1 Å². The van der Waals surface area contributed by atoms with Crippen molar-refractivity contribution in [3.05, 3.63) is 35.1 Å². The first-order valence-electron chi connectivity index (χ1n) is 5.91. The van der Waals surface area contributed by atoms with Gasteiger partial charge in [0, 0.05) is 13.1 Å². The van der Waals surface area contributed by atoms with Crippen LogP contribution in [0.15, 0.2) is 18.2 Å². The summed E-state index contributed by atoms with van der Waals surface area (Å²) in [5, 5.41) is 0. The molecule has 1 aromatic rings. The van der Waals surface area contributed by atoms with Gasteiger partial charge in [0.05, 0.1) is 0 Å². The Kier molecular flexibility index (Phi) is 5.43. The zero-order valence-electron chi connectivity index (χ0n) is 10.2. The molecule has 0 heterocycles. The van der Waals surface area contributed by atoms with Crippen molar-refractivity contribution >= 4 is 0 Å². The van der Waals surface area contributed by atoms with Gasteiger partial charge in [-0.3, -0.25) is 4.90 Å². The Morgan fingerprint density at radius 1 is 1.25 bits per heavy atom. The third-order valence-corrected chi connectivity index (χ3v) is 2.77. The van der Waals surface area contributed by atoms with Crippen LogP contribution in [-0.4, -0.2) is 18.0 Å². The number of benzene rings is 1. The summed E-state index contributed by atoms with van der Waals surface area (Å²) in [6.45, 7) is 7.55. The number of nitrogens with zero attached hydrogens (tertiary/aromatic N) is 1. The van der Waals surface area contributed by atoms with Gasteiger partial charge in [-0.15, -0.1) is 0 Å². The lowest BCUT2D eigenvalue weighted by atomic mass is 10.1. The molecule has 0 aliphatic carbocycles. The number of nitrogens with two attached hydrogens (primary N) is 1. The Hall–Kier alpha value is -0.930. The van der Waals surface area contributed by atoms with Crippen LogP contribution in [0.5, 0.6) is 0 Å². The fourth-order valence-corrected chi connectivity index (χ4v) is 1.85. The van der Waals surface area contributed by atoms with Crippen molar-refractivity contribution in [1.82, 2.24) is 4.90 Å². The Labute approximate surface area is 97.3 Å². The number of hydrogen-bond donors (Lipinski definition) is 1. The highest BCUT2D eigenvalue weighted by Gasteiger charge is 2.07. The molecule has 0 spiro atoms. The maximum absolute atomic E-state index is 13.2. The number of hydrogen-bond acceptors (Lipinski definition) is 2. The Morgan fingerprint density at radius 2 is 2.00 bits per heavy atom. The molecule has 0 saturated heterocycles. The zero-order chi connectivity index (χ0) is 12.0. The van der Waals surface area contributed by atoms with Crippen molar-refractivity contribution in [3.8, 4) is 0 Å². The molecule has 0 radical (unpaired) electrons. The predicted molar refractivity (Wildman–Crippen MR) is 65.5 cm³/mol. The Morgan fingerprint density at radius 3 is 2.56 bits per heavy atom. The van der Waals surface area contributed by atoms with E-state index in [1.165, 1.54) is 6.07 Å². The van der Waals surface area contributed by atoms with Crippen molar-refractivity contribution in [3.63, 3.8) is 0 Å². The average molecular weight is 224 g/mol. The van der Waals surface area contributed by atoms with E-state index in [0.717, 1.165) is 37.2 Å². The fourth-order valence-electron chi connectivity index (χ4n) is 1.85. The molecule has 0 amide bonds. The minimum absolute atomic E-state index is 0.181. The highest BCUT2D eigenvalue weighted by Crippen LogP contribution is 2.13. The van der Waals surface area contributed by atoms with Gasteiger partial charge in [0.25, 0.3) is 0 Å². The lowest BCUT2D eigenvalue weighted by Gasteiger charge is -2.21. The second-order valence-electron chi connectivity index (χ2n) is 3.99. The third-order valence-electron chi connectivity index (χ3n) is 2.77. The summed E-state index contributed by atoms with van der Waals surface area (Å²) in [5.74, 6) is -0.181. The molecule has 1 rings (SSSR count). The highest BCUT2D eigenvalue weighted by atomic mass is 19.1. The maximum Gasteiger partial charge on any atom is 0.123 e. The van der Waals surface area contributed by atoms with Gasteiger partial charge >= 0.3 is 0 Å². The van der Waals surface area contributed by atoms with E-state index in [2.05, 4.69) is 18.7 Å². The average Bonchev–Trinajstić information content (AvgIpc) is 2.29. The van der Waals surface area contributed by atoms with Gasteiger partial charge in [-0.25, -0.2) is 4.39 Å². The second kappa shape index (κ2) is 6.61. The van der Waals surface area contributed by atoms with E-state index in [1.54, 1.807) is 12.1 Å². The summed E-state index contributed by atoms with van der Waals surface area (Å²) in [6.07, 6.45) is 1.11. The quantitative estimate of drug-likeness (QED) is 0.804. The van der Waals surface area contributed by atoms with Crippen LogP contribution in [0.4, 0.5) is 4.39 Å². The van der Waals surface area contributed by atoms with E-state index in [4.69, 9.17) is 5.73 Å². The second-order valence-corrected chi connectivity index (χ2v) is 3.99. The molecule has 0 aromatic heterocycles. The van der Waals surface area contributed by atoms with E-state index in [-0.39, 0.29) is 5.82 Å². The van der Waals surface area contributed by atoms with Crippen LogP contribution in [0.2, 0.25) is 0 Å². The normalized spacial score (nSPS) is 11.1. The summed E-state index contributed by atoms with van der Waals surface area (Å²) in [7, 11) is 0. The topological polar surface area (TPSA) is 29.3 Å². The van der Waals surface area contributed by atoms with Crippen molar-refractivity contribution in [2.24, 2.45) is 5.73 Å². The molecule has 0 atom stereocenters. The standard InChI is InChI=1S/C13H21FN2/c1-3-7-16(4-2)10-12-8-13(14)6-5-11(12)9-15/h5-6,8H,3-4,7,9-10,15H2,1-2H3. The predicted octanol–water partition coefficient (Wildman–Crippen LogP) is 2.52. The maximum atomic E-state index is 13.2. The van der Waals surface area contributed by atoms with E-state index in [9.17, 15) is 4.39 Å². The van der Waals surface area contributed by atoms with E-state index >= 15 is 0 Å². The fraction of sp³-hybridized carbons (Fsp3) is 0.538. The van der Waals surface area contributed by atoms with Gasteiger partial charge in [0.15, 0.2) is 0 Å². The van der Waals surface area contributed by atoms with Gasteiger partial charge in [-0.1, -0.05) is 19.9 Å². The first-order valence-corrected chi connectivity index (χ1v) is 5.91. The summed E-state index contributed by atoms with van der Waals surface area (Å²) < 4.78 is 13.2. The van der Waals surface area contributed by atoms with Crippen LogP contribution in [0.1, 0.15) is 31.4 Å². The van der Waals surface area contributed by atoms with Crippen LogP contribution >= 0.6 is 0 Å². The molecule has 2 nitrogen and oxygen atoms in total. The van der Waals surface area contributed by atoms with Crippen LogP contribution in [0.25, 0.3) is 0 Å². The van der Waals surface area contributed by atoms with Gasteiger partial charge in [-0.05, 0) is 42.8 Å². The minimum atomic E-state index is -0.181. The van der Waals surface area contributed by atoms with Crippen molar-refractivity contribution < 1.29 is 4.39 Å². The van der Waals surface area contributed by atoms with E-state index < -0.39 is 0 Å². The molecule has 90 valence electrons. The number of rotatable bonds is 6. The van der Waals surface area contributed by atoms with Crippen molar-refractivity contribution in [2.45, 2.75) is 33.4 Å². The Balaban J connectivity index is 2.80. The first kappa shape index (κ1) is 13.1. The van der Waals surface area contributed by atoms with E-state index in [1.807, 2.05) is 0 Å². The summed E-state index contributed by atoms with van der Waals surface area (Å²) in [6, 6.07) is 4.85. The summed E-state index contributed by atoms with van der Waals surface area (Å²) >= 11 is 0. The highest BCUT2D eigenvalue weighted by molar-refractivity contribution is 5.27. The van der Waals surface area contributed by atoms with Crippen molar-refractivity contribution in [2.75, 3.05) is 13.1 Å². The first-order chi connectivity index (χ1) is 7.71. The Bertz CT molecular complexity index is 326. The smallest absolute Gasteiger partial charge is 0.123 e. The van der Waals surface area contributed by atoms with Gasteiger partial charge in [0.2, 0.25) is 0 Å². The number of halogens is 1. The van der Waals surface area contributed by atoms with Crippen LogP contribution in [0.3, 0.4) is 0 Å². The minimum Gasteiger partial charge on any atom is -0.326 e. The molecule has 2 N–H and O–H groups in total. The molecule has 0 saturated carbocycles. The van der Waals surface area contributed by atoms with Crippen LogP contribution in [0, 0.1) is 5.82 Å². The molecule has 16 heavy (non-hydrogen) atoms. The molecule has 3 heteroatoms. The molecule has 0 aliphatic heterocycles. The largest absolute Gasteiger partial charge is 0.326 e. The lowest BCUT2D eigenvalue weighted by Crippen LogP contribution is -2.24. The van der Waals surface area contributed by atoms with Gasteiger partial charge < -0.3 is 5.73 Å². The van der Waals surface area contributed by atoms with Crippen LogP contribution < -0.4 is 5.73 Å². The molecule has 0 bridgehead atoms. The monoisotopic (exact) mass is 224 g/mol. The summed E-state index contributed by atoms with van der Waals surface area (Å²) in [5.41, 5.74) is 7.70. The molecule has 0 aliphatic rings. The molecule has 0 fully saturated rings. The zero-order valence-corrected chi connectivity index (χ0v) is 10.2. The van der Waals surface area contributed by atoms with E-state index in [0.29, 0.717) is 6.54 Å². The molecule has 1 aromatic carbocycles. The van der Waals surface area contributed by atoms with Gasteiger partial charge in [-0.2, -0.15) is 0 Å². The molecular weight excluding hydrogens is 203 g/mol. The van der Waals surface area contributed by atoms with Gasteiger partial charge in [0.1, 0.15) is 5.82 Å². The molecular formula is C13H21FN2. The van der Waals surface area contributed by atoms with Crippen molar-refractivity contribution in [1.29, 1.82) is 0 Å². The summed E-state index contributed by atoms with van der Waals surface area (Å²) in [4.78, 5) is 2.30. The lowest BCUT2D eigenvalue weighted by molar-refractivity contribution is 0.279. The third kappa shape index (κ3) is 3.58.